The maximum Gasteiger partial charge on any atom is 0.225 e. The second-order valence-electron chi connectivity index (χ2n) is 5.80. The number of rotatable bonds is 4. The number of pyridine rings is 1. The number of carbonyl (C=O) groups excluding carboxylic acids is 1. The van der Waals surface area contributed by atoms with Crippen molar-refractivity contribution < 1.29 is 4.79 Å². The Morgan fingerprint density at radius 1 is 1.50 bits per heavy atom. The lowest BCUT2D eigenvalue weighted by Gasteiger charge is -2.17. The van der Waals surface area contributed by atoms with Crippen molar-refractivity contribution >= 4 is 5.91 Å². The van der Waals surface area contributed by atoms with Gasteiger partial charge >= 0.3 is 0 Å². The standard InChI is InChI=1S/C16H21N5O/c1-11-4-3-5-18-15(11)9-19-16(22)14-8-17-7-13(14)12-6-20-21(2)10-12/h3-6,10,13-14,17H,7-9H2,1-2H3,(H,19,22)/t13-,14+/m1/s1. The number of hydrogen-bond acceptors (Lipinski definition) is 4. The summed E-state index contributed by atoms with van der Waals surface area (Å²) in [4.78, 5) is 16.8. The Bertz CT molecular complexity index is 666. The number of carbonyl (C=O) groups is 1. The van der Waals surface area contributed by atoms with Crippen molar-refractivity contribution in [3.8, 4) is 0 Å². The summed E-state index contributed by atoms with van der Waals surface area (Å²) in [6.07, 6.45) is 5.59. The molecule has 22 heavy (non-hydrogen) atoms. The van der Waals surface area contributed by atoms with E-state index < -0.39 is 0 Å². The highest BCUT2D eigenvalue weighted by Crippen LogP contribution is 2.27. The quantitative estimate of drug-likeness (QED) is 0.873. The highest BCUT2D eigenvalue weighted by molar-refractivity contribution is 5.80. The molecule has 1 amide bonds. The monoisotopic (exact) mass is 299 g/mol. The fourth-order valence-electron chi connectivity index (χ4n) is 2.94. The van der Waals surface area contributed by atoms with Crippen molar-refractivity contribution in [2.75, 3.05) is 13.1 Å². The number of amides is 1. The molecule has 3 rings (SSSR count). The Balaban J connectivity index is 1.65. The Hall–Kier alpha value is -2.21. The molecule has 2 aromatic rings. The van der Waals surface area contributed by atoms with E-state index >= 15 is 0 Å². The predicted molar refractivity (Wildman–Crippen MR) is 83.1 cm³/mol. The first-order valence-electron chi connectivity index (χ1n) is 7.52. The third-order valence-electron chi connectivity index (χ3n) is 4.25. The molecule has 1 aliphatic rings. The molecule has 6 nitrogen and oxygen atoms in total. The first-order valence-corrected chi connectivity index (χ1v) is 7.52. The maximum atomic E-state index is 12.5. The molecule has 1 saturated heterocycles. The summed E-state index contributed by atoms with van der Waals surface area (Å²) in [5.74, 6) is 0.190. The Morgan fingerprint density at radius 2 is 2.36 bits per heavy atom. The van der Waals surface area contributed by atoms with Crippen molar-refractivity contribution in [2.45, 2.75) is 19.4 Å². The van der Waals surface area contributed by atoms with Crippen LogP contribution in [-0.4, -0.2) is 33.8 Å². The highest BCUT2D eigenvalue weighted by atomic mass is 16.1. The van der Waals surface area contributed by atoms with Crippen molar-refractivity contribution in [3.05, 3.63) is 47.5 Å². The van der Waals surface area contributed by atoms with Gasteiger partial charge in [0.25, 0.3) is 0 Å². The van der Waals surface area contributed by atoms with E-state index in [0.29, 0.717) is 13.1 Å². The van der Waals surface area contributed by atoms with E-state index in [1.807, 2.05) is 38.5 Å². The molecule has 116 valence electrons. The van der Waals surface area contributed by atoms with Crippen LogP contribution >= 0.6 is 0 Å². The number of nitrogens with one attached hydrogen (secondary N) is 2. The second-order valence-corrected chi connectivity index (χ2v) is 5.80. The van der Waals surface area contributed by atoms with Crippen LogP contribution in [0.3, 0.4) is 0 Å². The molecular weight excluding hydrogens is 278 g/mol. The van der Waals surface area contributed by atoms with Gasteiger partial charge in [-0.3, -0.25) is 14.5 Å². The van der Waals surface area contributed by atoms with Gasteiger partial charge < -0.3 is 10.6 Å². The third kappa shape index (κ3) is 3.01. The molecule has 2 N–H and O–H groups in total. The fraction of sp³-hybridized carbons (Fsp3) is 0.438. The van der Waals surface area contributed by atoms with Gasteiger partial charge in [-0.25, -0.2) is 0 Å². The minimum Gasteiger partial charge on any atom is -0.350 e. The van der Waals surface area contributed by atoms with Crippen LogP contribution in [0.1, 0.15) is 22.7 Å². The van der Waals surface area contributed by atoms with Crippen LogP contribution in [-0.2, 0) is 18.4 Å². The third-order valence-corrected chi connectivity index (χ3v) is 4.25. The zero-order chi connectivity index (χ0) is 15.5. The average molecular weight is 299 g/mol. The summed E-state index contributed by atoms with van der Waals surface area (Å²) in [6, 6.07) is 3.91. The van der Waals surface area contributed by atoms with E-state index in [9.17, 15) is 4.79 Å². The van der Waals surface area contributed by atoms with Crippen molar-refractivity contribution in [3.63, 3.8) is 0 Å². The molecule has 2 atom stereocenters. The van der Waals surface area contributed by atoms with Gasteiger partial charge in [-0.15, -0.1) is 0 Å². The summed E-state index contributed by atoms with van der Waals surface area (Å²) in [6.45, 7) is 3.99. The van der Waals surface area contributed by atoms with Gasteiger partial charge in [-0.05, 0) is 24.1 Å². The lowest BCUT2D eigenvalue weighted by molar-refractivity contribution is -0.125. The maximum absolute atomic E-state index is 12.5. The number of aryl methyl sites for hydroxylation is 2. The molecule has 0 radical (unpaired) electrons. The summed E-state index contributed by atoms with van der Waals surface area (Å²) < 4.78 is 1.78. The average Bonchev–Trinajstić information content (AvgIpc) is 3.14. The smallest absolute Gasteiger partial charge is 0.225 e. The van der Waals surface area contributed by atoms with Gasteiger partial charge in [0.15, 0.2) is 0 Å². The first-order chi connectivity index (χ1) is 10.6. The largest absolute Gasteiger partial charge is 0.350 e. The number of aromatic nitrogens is 3. The molecule has 0 unspecified atom stereocenters. The van der Waals surface area contributed by atoms with Crippen LogP contribution in [0.4, 0.5) is 0 Å². The molecule has 0 aliphatic carbocycles. The van der Waals surface area contributed by atoms with Crippen LogP contribution < -0.4 is 10.6 Å². The van der Waals surface area contributed by atoms with E-state index in [-0.39, 0.29) is 17.7 Å². The van der Waals surface area contributed by atoms with Crippen molar-refractivity contribution in [1.82, 2.24) is 25.4 Å². The van der Waals surface area contributed by atoms with Gasteiger partial charge in [-0.1, -0.05) is 6.07 Å². The number of nitrogens with zero attached hydrogens (tertiary/aromatic N) is 3. The van der Waals surface area contributed by atoms with Gasteiger partial charge in [0, 0.05) is 38.4 Å². The Labute approximate surface area is 129 Å². The summed E-state index contributed by atoms with van der Waals surface area (Å²) in [5, 5.41) is 10.5. The van der Waals surface area contributed by atoms with Crippen LogP contribution in [0.5, 0.6) is 0 Å². The molecule has 1 aliphatic heterocycles. The molecule has 6 heteroatoms. The van der Waals surface area contributed by atoms with E-state index in [4.69, 9.17) is 0 Å². The molecule has 0 spiro atoms. The molecule has 2 aromatic heterocycles. The van der Waals surface area contributed by atoms with Gasteiger partial charge in [0.2, 0.25) is 5.91 Å². The van der Waals surface area contributed by atoms with Crippen molar-refractivity contribution in [2.24, 2.45) is 13.0 Å². The molecule has 0 aromatic carbocycles. The minimum atomic E-state index is -0.0618. The lowest BCUT2D eigenvalue weighted by Crippen LogP contribution is -2.34. The van der Waals surface area contributed by atoms with E-state index in [0.717, 1.165) is 23.4 Å². The summed E-state index contributed by atoms with van der Waals surface area (Å²) >= 11 is 0. The molecule has 3 heterocycles. The highest BCUT2D eigenvalue weighted by Gasteiger charge is 2.34. The minimum absolute atomic E-state index is 0.0618. The van der Waals surface area contributed by atoms with E-state index in [2.05, 4.69) is 20.7 Å². The molecule has 0 bridgehead atoms. The predicted octanol–water partition coefficient (Wildman–Crippen LogP) is 0.743. The molecule has 0 saturated carbocycles. The van der Waals surface area contributed by atoms with Gasteiger partial charge in [0.05, 0.1) is 24.4 Å². The normalized spacial score (nSPS) is 21.0. The second kappa shape index (κ2) is 6.27. The summed E-state index contributed by atoms with van der Waals surface area (Å²) in [7, 11) is 1.89. The van der Waals surface area contributed by atoms with Crippen LogP contribution in [0.25, 0.3) is 0 Å². The van der Waals surface area contributed by atoms with E-state index in [1.165, 1.54) is 0 Å². The van der Waals surface area contributed by atoms with Crippen molar-refractivity contribution in [1.29, 1.82) is 0 Å². The first kappa shape index (κ1) is 14.7. The number of hydrogen-bond donors (Lipinski definition) is 2. The van der Waals surface area contributed by atoms with Crippen LogP contribution in [0, 0.1) is 12.8 Å². The van der Waals surface area contributed by atoms with Gasteiger partial charge in [0.1, 0.15) is 0 Å². The van der Waals surface area contributed by atoms with Gasteiger partial charge in [-0.2, -0.15) is 5.10 Å². The van der Waals surface area contributed by atoms with Crippen LogP contribution in [0.2, 0.25) is 0 Å². The molecule has 1 fully saturated rings. The lowest BCUT2D eigenvalue weighted by atomic mass is 9.90. The Morgan fingerprint density at radius 3 is 3.09 bits per heavy atom. The zero-order valence-corrected chi connectivity index (χ0v) is 12.9. The van der Waals surface area contributed by atoms with E-state index in [1.54, 1.807) is 10.9 Å². The SMILES string of the molecule is Cc1cccnc1CNC(=O)[C@H]1CNC[C@@H]1c1cnn(C)c1. The Kier molecular flexibility index (Phi) is 4.20. The zero-order valence-electron chi connectivity index (χ0n) is 12.9. The summed E-state index contributed by atoms with van der Waals surface area (Å²) in [5.41, 5.74) is 3.12. The fourth-order valence-corrected chi connectivity index (χ4v) is 2.94. The van der Waals surface area contributed by atoms with Crippen LogP contribution in [0.15, 0.2) is 30.7 Å². The molecular formula is C16H21N5O. The topological polar surface area (TPSA) is 71.8 Å².